The lowest BCUT2D eigenvalue weighted by atomic mass is 10.0. The van der Waals surface area contributed by atoms with E-state index in [4.69, 9.17) is 9.88 Å². The van der Waals surface area contributed by atoms with E-state index in [2.05, 4.69) is 5.32 Å². The summed E-state index contributed by atoms with van der Waals surface area (Å²) in [5.41, 5.74) is 0.406. The fraction of sp³-hybridized carbons (Fsp3) is 0.462. The van der Waals surface area contributed by atoms with Crippen LogP contribution in [0.1, 0.15) is 23.7 Å². The van der Waals surface area contributed by atoms with E-state index in [-0.39, 0.29) is 16.9 Å². The summed E-state index contributed by atoms with van der Waals surface area (Å²) in [4.78, 5) is 11.9. The second-order valence-electron chi connectivity index (χ2n) is 4.90. The lowest BCUT2D eigenvalue weighted by Gasteiger charge is -2.14. The van der Waals surface area contributed by atoms with Gasteiger partial charge in [-0.05, 0) is 37.6 Å². The number of amides is 1. The topological polar surface area (TPSA) is 98.5 Å². The number of sulfonamides is 1. The molecule has 1 aromatic rings. The van der Waals surface area contributed by atoms with Crippen molar-refractivity contribution >= 4 is 15.9 Å². The molecule has 3 N–H and O–H groups in total. The van der Waals surface area contributed by atoms with Gasteiger partial charge in [-0.2, -0.15) is 0 Å². The molecule has 0 saturated carbocycles. The third kappa shape index (κ3) is 3.56. The maximum Gasteiger partial charge on any atom is 0.251 e. The van der Waals surface area contributed by atoms with Crippen LogP contribution in [0.2, 0.25) is 0 Å². The smallest absolute Gasteiger partial charge is 0.251 e. The number of hydrogen-bond acceptors (Lipinski definition) is 4. The van der Waals surface area contributed by atoms with Crippen molar-refractivity contribution in [2.75, 3.05) is 13.2 Å². The Balaban J connectivity index is 1.96. The minimum atomic E-state index is -3.73. The number of nitrogens with one attached hydrogen (secondary N) is 1. The standard InChI is InChI=1S/C13H18N2O4S/c1-9-11(6-7-19-9)8-15-13(16)10-2-4-12(5-3-10)20(14,17)18/h2-5,9,11H,6-8H2,1H3,(H,15,16)(H2,14,17,18). The van der Waals surface area contributed by atoms with Crippen LogP contribution in [0.5, 0.6) is 0 Å². The molecule has 0 radical (unpaired) electrons. The lowest BCUT2D eigenvalue weighted by Crippen LogP contribution is -2.31. The molecule has 0 bridgehead atoms. The Labute approximate surface area is 118 Å². The van der Waals surface area contributed by atoms with E-state index in [9.17, 15) is 13.2 Å². The molecule has 2 atom stereocenters. The van der Waals surface area contributed by atoms with Crippen LogP contribution >= 0.6 is 0 Å². The third-order valence-electron chi connectivity index (χ3n) is 3.50. The highest BCUT2D eigenvalue weighted by Gasteiger charge is 2.24. The van der Waals surface area contributed by atoms with Crippen LogP contribution in [0.15, 0.2) is 29.2 Å². The molecule has 7 heteroatoms. The van der Waals surface area contributed by atoms with Crippen molar-refractivity contribution in [3.63, 3.8) is 0 Å². The van der Waals surface area contributed by atoms with E-state index < -0.39 is 10.0 Å². The van der Waals surface area contributed by atoms with Gasteiger partial charge in [-0.1, -0.05) is 0 Å². The van der Waals surface area contributed by atoms with E-state index in [1.54, 1.807) is 0 Å². The minimum Gasteiger partial charge on any atom is -0.378 e. The number of hydrogen-bond donors (Lipinski definition) is 2. The Morgan fingerprint density at radius 2 is 2.05 bits per heavy atom. The first-order valence-corrected chi connectivity index (χ1v) is 7.95. The largest absolute Gasteiger partial charge is 0.378 e. The summed E-state index contributed by atoms with van der Waals surface area (Å²) < 4.78 is 27.7. The Kier molecular flexibility index (Phi) is 4.42. The summed E-state index contributed by atoms with van der Waals surface area (Å²) in [6, 6.07) is 5.55. The molecule has 1 aliphatic heterocycles. The zero-order valence-electron chi connectivity index (χ0n) is 11.2. The third-order valence-corrected chi connectivity index (χ3v) is 4.43. The monoisotopic (exact) mass is 298 g/mol. The molecule has 0 spiro atoms. The molecular weight excluding hydrogens is 280 g/mol. The number of carbonyl (C=O) groups excluding carboxylic acids is 1. The van der Waals surface area contributed by atoms with Gasteiger partial charge in [0, 0.05) is 24.6 Å². The second-order valence-corrected chi connectivity index (χ2v) is 6.47. The van der Waals surface area contributed by atoms with E-state index >= 15 is 0 Å². The normalized spacial score (nSPS) is 22.7. The van der Waals surface area contributed by atoms with Gasteiger partial charge in [0.2, 0.25) is 10.0 Å². The zero-order valence-corrected chi connectivity index (χ0v) is 12.0. The van der Waals surface area contributed by atoms with Crippen molar-refractivity contribution < 1.29 is 17.9 Å². The molecule has 110 valence electrons. The summed E-state index contributed by atoms with van der Waals surface area (Å²) in [6.07, 6.45) is 1.09. The van der Waals surface area contributed by atoms with Gasteiger partial charge in [0.25, 0.3) is 5.91 Å². The Morgan fingerprint density at radius 3 is 2.55 bits per heavy atom. The van der Waals surface area contributed by atoms with E-state index in [1.807, 2.05) is 6.92 Å². The average molecular weight is 298 g/mol. The van der Waals surface area contributed by atoms with Crippen LogP contribution in [-0.2, 0) is 14.8 Å². The average Bonchev–Trinajstić information content (AvgIpc) is 2.81. The summed E-state index contributed by atoms with van der Waals surface area (Å²) >= 11 is 0. The number of primary sulfonamides is 1. The van der Waals surface area contributed by atoms with Crippen molar-refractivity contribution in [2.45, 2.75) is 24.3 Å². The van der Waals surface area contributed by atoms with Gasteiger partial charge in [-0.15, -0.1) is 0 Å². The molecule has 0 aromatic heterocycles. The van der Waals surface area contributed by atoms with E-state index in [0.29, 0.717) is 18.0 Å². The number of ether oxygens (including phenoxy) is 1. The Hall–Kier alpha value is -1.44. The predicted octanol–water partition coefficient (Wildman–Crippen LogP) is 0.489. The fourth-order valence-electron chi connectivity index (χ4n) is 2.17. The highest BCUT2D eigenvalue weighted by molar-refractivity contribution is 7.89. The van der Waals surface area contributed by atoms with E-state index in [1.165, 1.54) is 24.3 Å². The van der Waals surface area contributed by atoms with Gasteiger partial charge >= 0.3 is 0 Å². The number of nitrogens with two attached hydrogens (primary N) is 1. The maximum atomic E-state index is 11.9. The summed E-state index contributed by atoms with van der Waals surface area (Å²) in [7, 11) is -3.73. The van der Waals surface area contributed by atoms with Crippen molar-refractivity contribution in [3.8, 4) is 0 Å². The summed E-state index contributed by atoms with van der Waals surface area (Å²) in [5.74, 6) is 0.0905. The molecule has 1 heterocycles. The SMILES string of the molecule is CC1OCCC1CNC(=O)c1ccc(S(N)(=O)=O)cc1. The number of benzene rings is 1. The van der Waals surface area contributed by atoms with Crippen LogP contribution in [-0.4, -0.2) is 33.6 Å². The first kappa shape index (κ1) is 15.0. The van der Waals surface area contributed by atoms with Crippen LogP contribution < -0.4 is 10.5 Å². The number of rotatable bonds is 4. The van der Waals surface area contributed by atoms with Gasteiger partial charge in [-0.3, -0.25) is 4.79 Å². The van der Waals surface area contributed by atoms with Gasteiger partial charge < -0.3 is 10.1 Å². The van der Waals surface area contributed by atoms with Crippen LogP contribution in [0.25, 0.3) is 0 Å². The van der Waals surface area contributed by atoms with E-state index in [0.717, 1.165) is 13.0 Å². The Bertz CT molecular complexity index is 583. The quantitative estimate of drug-likeness (QED) is 0.845. The van der Waals surface area contributed by atoms with Gasteiger partial charge in [0.05, 0.1) is 11.0 Å². The molecule has 2 rings (SSSR count). The molecule has 0 aliphatic carbocycles. The van der Waals surface area contributed by atoms with Gasteiger partial charge in [-0.25, -0.2) is 13.6 Å². The molecule has 1 fully saturated rings. The Morgan fingerprint density at radius 1 is 1.40 bits per heavy atom. The fourth-order valence-corrected chi connectivity index (χ4v) is 2.68. The number of carbonyl (C=O) groups is 1. The first-order valence-electron chi connectivity index (χ1n) is 6.40. The highest BCUT2D eigenvalue weighted by Crippen LogP contribution is 2.19. The molecule has 6 nitrogen and oxygen atoms in total. The van der Waals surface area contributed by atoms with Crippen molar-refractivity contribution in [3.05, 3.63) is 29.8 Å². The van der Waals surface area contributed by atoms with Crippen molar-refractivity contribution in [1.82, 2.24) is 5.32 Å². The van der Waals surface area contributed by atoms with Crippen molar-refractivity contribution in [1.29, 1.82) is 0 Å². The van der Waals surface area contributed by atoms with Crippen LogP contribution in [0.3, 0.4) is 0 Å². The minimum absolute atomic E-state index is 0.00753. The molecule has 1 amide bonds. The molecule has 2 unspecified atom stereocenters. The molecule has 1 aliphatic rings. The maximum absolute atomic E-state index is 11.9. The predicted molar refractivity (Wildman–Crippen MR) is 73.7 cm³/mol. The lowest BCUT2D eigenvalue weighted by molar-refractivity contribution is 0.0907. The summed E-state index contributed by atoms with van der Waals surface area (Å²) in [6.45, 7) is 3.27. The molecule has 1 aromatic carbocycles. The molecule has 20 heavy (non-hydrogen) atoms. The van der Waals surface area contributed by atoms with Crippen molar-refractivity contribution in [2.24, 2.45) is 11.1 Å². The summed E-state index contributed by atoms with van der Waals surface area (Å²) in [5, 5.41) is 7.83. The van der Waals surface area contributed by atoms with Crippen LogP contribution in [0, 0.1) is 5.92 Å². The zero-order chi connectivity index (χ0) is 14.8. The second kappa shape index (κ2) is 5.90. The van der Waals surface area contributed by atoms with Gasteiger partial charge in [0.1, 0.15) is 0 Å². The first-order chi connectivity index (χ1) is 9.38. The highest BCUT2D eigenvalue weighted by atomic mass is 32.2. The van der Waals surface area contributed by atoms with Crippen LogP contribution in [0.4, 0.5) is 0 Å². The van der Waals surface area contributed by atoms with Gasteiger partial charge in [0.15, 0.2) is 0 Å². The molecular formula is C13H18N2O4S. The molecule has 1 saturated heterocycles.